The van der Waals surface area contributed by atoms with Crippen molar-refractivity contribution < 1.29 is 23.7 Å². The monoisotopic (exact) mass is 402 g/mol. The molecule has 156 valence electrons. The van der Waals surface area contributed by atoms with Crippen molar-refractivity contribution in [3.8, 4) is 17.2 Å². The van der Waals surface area contributed by atoms with E-state index >= 15 is 0 Å². The summed E-state index contributed by atoms with van der Waals surface area (Å²) in [5, 5.41) is 7.56. The first kappa shape index (κ1) is 20.5. The third kappa shape index (κ3) is 3.72. The van der Waals surface area contributed by atoms with Crippen LogP contribution in [0.1, 0.15) is 31.9 Å². The molecule has 0 saturated heterocycles. The third-order valence-corrected chi connectivity index (χ3v) is 4.74. The van der Waals surface area contributed by atoms with Gasteiger partial charge < -0.3 is 24.3 Å². The number of carbonyl (C=O) groups is 1. The fourth-order valence-corrected chi connectivity index (χ4v) is 3.55. The molecule has 9 nitrogen and oxygen atoms in total. The van der Waals surface area contributed by atoms with Gasteiger partial charge in [0.05, 0.1) is 34.0 Å². The maximum absolute atomic E-state index is 13.0. The van der Waals surface area contributed by atoms with E-state index in [0.29, 0.717) is 23.2 Å². The number of ether oxygens (including phenoxy) is 4. The number of benzene rings is 1. The van der Waals surface area contributed by atoms with E-state index in [4.69, 9.17) is 18.9 Å². The molecule has 1 aliphatic heterocycles. The summed E-state index contributed by atoms with van der Waals surface area (Å²) < 4.78 is 23.5. The van der Waals surface area contributed by atoms with Crippen LogP contribution in [0.15, 0.2) is 30.2 Å². The van der Waals surface area contributed by atoms with E-state index in [1.54, 1.807) is 32.9 Å². The highest BCUT2D eigenvalue weighted by Gasteiger charge is 2.41. The lowest BCUT2D eigenvalue weighted by Gasteiger charge is -2.34. The predicted molar refractivity (Wildman–Crippen MR) is 106 cm³/mol. The van der Waals surface area contributed by atoms with Crippen molar-refractivity contribution in [3.63, 3.8) is 0 Å². The number of carbonyl (C=O) groups excluding carboxylic acids is 1. The summed E-state index contributed by atoms with van der Waals surface area (Å²) in [4.78, 5) is 17.3. The highest BCUT2D eigenvalue weighted by Crippen LogP contribution is 2.45. The number of esters is 1. The van der Waals surface area contributed by atoms with Crippen LogP contribution in [0, 0.1) is 5.92 Å². The first-order chi connectivity index (χ1) is 14.1. The van der Waals surface area contributed by atoms with Gasteiger partial charge in [0.1, 0.15) is 12.2 Å². The van der Waals surface area contributed by atoms with Crippen molar-refractivity contribution in [1.29, 1.82) is 0 Å². The minimum absolute atomic E-state index is 0.279. The SMILES string of the molecule is CC/C=C1/Nc2ncnn2[C@@H](c2cc(OC)c(OC)c(OC)c2)[C@@H]1C(=O)OCC. The molecule has 1 aromatic heterocycles. The van der Waals surface area contributed by atoms with Crippen molar-refractivity contribution in [2.24, 2.45) is 5.92 Å². The largest absolute Gasteiger partial charge is 0.493 e. The molecule has 29 heavy (non-hydrogen) atoms. The lowest BCUT2D eigenvalue weighted by Crippen LogP contribution is -2.38. The molecule has 1 aliphatic rings. The quantitative estimate of drug-likeness (QED) is 0.706. The molecule has 9 heteroatoms. The Balaban J connectivity index is 2.23. The Kier molecular flexibility index (Phi) is 6.26. The molecule has 2 aromatic rings. The molecule has 0 spiro atoms. The van der Waals surface area contributed by atoms with Gasteiger partial charge >= 0.3 is 5.97 Å². The van der Waals surface area contributed by atoms with Crippen molar-refractivity contribution in [2.75, 3.05) is 33.3 Å². The van der Waals surface area contributed by atoms with Gasteiger partial charge in [-0.3, -0.25) is 4.79 Å². The molecule has 0 radical (unpaired) electrons. The zero-order valence-electron chi connectivity index (χ0n) is 17.3. The van der Waals surface area contributed by atoms with Gasteiger partial charge in [-0.2, -0.15) is 10.1 Å². The van der Waals surface area contributed by atoms with Crippen molar-refractivity contribution in [1.82, 2.24) is 14.8 Å². The molecular formula is C20H26N4O5. The van der Waals surface area contributed by atoms with E-state index in [-0.39, 0.29) is 12.6 Å². The zero-order chi connectivity index (χ0) is 21.0. The molecular weight excluding hydrogens is 376 g/mol. The topological polar surface area (TPSA) is 96.7 Å². The van der Waals surface area contributed by atoms with Crippen LogP contribution in [-0.2, 0) is 9.53 Å². The molecule has 0 saturated carbocycles. The normalized spacial score (nSPS) is 19.3. The first-order valence-electron chi connectivity index (χ1n) is 9.42. The molecule has 0 amide bonds. The number of allylic oxidation sites excluding steroid dienone is 1. The standard InChI is InChI=1S/C20H26N4O5/c1-6-8-13-16(19(25)29-7-2)17(24-20(23-13)21-11-22-24)12-9-14(26-3)18(28-5)15(10-12)27-4/h8-11,16-17H,6-7H2,1-5H3,(H,21,22,23)/b13-8+/t16-,17+/m1/s1. The fourth-order valence-electron chi connectivity index (χ4n) is 3.55. The molecule has 0 aliphatic carbocycles. The number of nitrogens with one attached hydrogen (secondary N) is 1. The number of methoxy groups -OCH3 is 3. The number of hydrogen-bond acceptors (Lipinski definition) is 8. The summed E-state index contributed by atoms with van der Waals surface area (Å²) in [6.07, 6.45) is 4.16. The van der Waals surface area contributed by atoms with E-state index < -0.39 is 12.0 Å². The minimum atomic E-state index is -0.632. The molecule has 2 atom stereocenters. The van der Waals surface area contributed by atoms with Crippen molar-refractivity contribution in [2.45, 2.75) is 26.3 Å². The lowest BCUT2D eigenvalue weighted by atomic mass is 9.88. The highest BCUT2D eigenvalue weighted by atomic mass is 16.5. The van der Waals surface area contributed by atoms with Gasteiger partial charge in [-0.05, 0) is 31.0 Å². The predicted octanol–water partition coefficient (Wildman–Crippen LogP) is 2.79. The van der Waals surface area contributed by atoms with Crippen molar-refractivity contribution in [3.05, 3.63) is 35.8 Å². The average molecular weight is 402 g/mol. The molecule has 1 N–H and O–H groups in total. The summed E-state index contributed by atoms with van der Waals surface area (Å²) in [6.45, 7) is 4.07. The lowest BCUT2D eigenvalue weighted by molar-refractivity contribution is -0.147. The Hall–Kier alpha value is -3.23. The van der Waals surface area contributed by atoms with E-state index in [1.807, 2.05) is 25.1 Å². The zero-order valence-corrected chi connectivity index (χ0v) is 17.3. The van der Waals surface area contributed by atoms with E-state index in [1.165, 1.54) is 6.33 Å². The smallest absolute Gasteiger partial charge is 0.317 e. The van der Waals surface area contributed by atoms with Gasteiger partial charge in [-0.15, -0.1) is 0 Å². The number of aromatic nitrogens is 3. The highest BCUT2D eigenvalue weighted by molar-refractivity contribution is 5.79. The minimum Gasteiger partial charge on any atom is -0.493 e. The first-order valence-corrected chi connectivity index (χ1v) is 9.42. The van der Waals surface area contributed by atoms with E-state index in [0.717, 1.165) is 17.7 Å². The summed E-state index contributed by atoms with van der Waals surface area (Å²) >= 11 is 0. The number of hydrogen-bond donors (Lipinski definition) is 1. The molecule has 2 heterocycles. The molecule has 3 rings (SSSR count). The van der Waals surface area contributed by atoms with Crippen LogP contribution in [0.3, 0.4) is 0 Å². The van der Waals surface area contributed by atoms with E-state index in [2.05, 4.69) is 15.4 Å². The summed E-state index contributed by atoms with van der Waals surface area (Å²) in [6, 6.07) is 3.14. The fraction of sp³-hybridized carbons (Fsp3) is 0.450. The Morgan fingerprint density at radius 2 is 1.86 bits per heavy atom. The summed E-state index contributed by atoms with van der Waals surface area (Å²) in [7, 11) is 4.65. The van der Waals surface area contributed by atoms with Gasteiger partial charge in [0.15, 0.2) is 11.5 Å². The van der Waals surface area contributed by atoms with Crippen LogP contribution in [0.5, 0.6) is 17.2 Å². The van der Waals surface area contributed by atoms with E-state index in [9.17, 15) is 4.79 Å². The molecule has 0 fully saturated rings. The number of anilines is 1. The second-order valence-corrected chi connectivity index (χ2v) is 6.35. The van der Waals surface area contributed by atoms with Crippen LogP contribution in [-0.4, -0.2) is 48.7 Å². The summed E-state index contributed by atoms with van der Waals surface area (Å²) in [5.41, 5.74) is 1.48. The van der Waals surface area contributed by atoms with Gasteiger partial charge in [0, 0.05) is 5.70 Å². The number of fused-ring (bicyclic) bond motifs is 1. The van der Waals surface area contributed by atoms with Crippen LogP contribution >= 0.6 is 0 Å². The third-order valence-electron chi connectivity index (χ3n) is 4.74. The molecule has 0 unspecified atom stereocenters. The van der Waals surface area contributed by atoms with Gasteiger partial charge in [-0.1, -0.05) is 13.0 Å². The van der Waals surface area contributed by atoms with Crippen LogP contribution < -0.4 is 19.5 Å². The Morgan fingerprint density at radius 3 is 2.41 bits per heavy atom. The average Bonchev–Trinajstić information content (AvgIpc) is 3.20. The Labute approximate surface area is 169 Å². The summed E-state index contributed by atoms with van der Waals surface area (Å²) in [5.74, 6) is 1.02. The van der Waals surface area contributed by atoms with Crippen LogP contribution in [0.2, 0.25) is 0 Å². The second kappa shape index (κ2) is 8.85. The maximum atomic E-state index is 13.0. The Morgan fingerprint density at radius 1 is 1.17 bits per heavy atom. The number of rotatable bonds is 7. The van der Waals surface area contributed by atoms with Crippen LogP contribution in [0.4, 0.5) is 5.95 Å². The van der Waals surface area contributed by atoms with Gasteiger partial charge in [0.2, 0.25) is 11.7 Å². The van der Waals surface area contributed by atoms with Gasteiger partial charge in [0.25, 0.3) is 0 Å². The van der Waals surface area contributed by atoms with Gasteiger partial charge in [-0.25, -0.2) is 4.68 Å². The maximum Gasteiger partial charge on any atom is 0.317 e. The second-order valence-electron chi connectivity index (χ2n) is 6.35. The van der Waals surface area contributed by atoms with Crippen molar-refractivity contribution >= 4 is 11.9 Å². The number of nitrogens with zero attached hydrogens (tertiary/aromatic N) is 3. The Bertz CT molecular complexity index is 883. The molecule has 0 bridgehead atoms. The van der Waals surface area contributed by atoms with Crippen LogP contribution in [0.25, 0.3) is 0 Å². The molecule has 1 aromatic carbocycles.